The summed E-state index contributed by atoms with van der Waals surface area (Å²) in [6, 6.07) is 28.6. The Hall–Kier alpha value is -5.73. The van der Waals surface area contributed by atoms with E-state index in [0.717, 1.165) is 38.4 Å². The van der Waals surface area contributed by atoms with Crippen molar-refractivity contribution in [1.82, 2.24) is 4.98 Å². The Balaban J connectivity index is 1.22. The van der Waals surface area contributed by atoms with Crippen molar-refractivity contribution in [3.63, 3.8) is 0 Å². The van der Waals surface area contributed by atoms with Crippen LogP contribution in [0.3, 0.4) is 0 Å². The van der Waals surface area contributed by atoms with Gasteiger partial charge in [-0.3, -0.25) is 4.79 Å². The number of rotatable bonds is 11. The van der Waals surface area contributed by atoms with E-state index in [1.54, 1.807) is 30.3 Å². The lowest BCUT2D eigenvalue weighted by atomic mass is 9.90. The van der Waals surface area contributed by atoms with E-state index >= 15 is 0 Å². The van der Waals surface area contributed by atoms with Gasteiger partial charge in [-0.25, -0.2) is 0 Å². The number of aromatic nitrogens is 1. The third-order valence-electron chi connectivity index (χ3n) is 9.07. The maximum absolute atomic E-state index is 11.8. The van der Waals surface area contributed by atoms with Crippen LogP contribution in [0.25, 0.3) is 27.8 Å². The van der Waals surface area contributed by atoms with Crippen molar-refractivity contribution in [3.8, 4) is 28.7 Å². The minimum absolute atomic E-state index is 0.0228. The highest BCUT2D eigenvalue weighted by Crippen LogP contribution is 2.52. The van der Waals surface area contributed by atoms with Gasteiger partial charge in [0, 0.05) is 12.0 Å². The van der Waals surface area contributed by atoms with Gasteiger partial charge in [0.05, 0.1) is 19.8 Å². The summed E-state index contributed by atoms with van der Waals surface area (Å²) in [4.78, 5) is 16.0. The molecular weight excluding hydrogens is 618 g/mol. The van der Waals surface area contributed by atoms with Gasteiger partial charge in [-0.1, -0.05) is 91.0 Å². The number of aryl methyl sites for hydroxylation is 1. The van der Waals surface area contributed by atoms with E-state index in [-0.39, 0.29) is 48.2 Å². The number of ketones is 1. The molecule has 1 aliphatic heterocycles. The van der Waals surface area contributed by atoms with Crippen LogP contribution in [0.1, 0.15) is 46.8 Å². The summed E-state index contributed by atoms with van der Waals surface area (Å²) in [5.74, 6) is 0.553. The number of aliphatic hydroxyl groups excluding tert-OH is 1. The molecule has 8 nitrogen and oxygen atoms in total. The third-order valence-corrected chi connectivity index (χ3v) is 9.07. The topological polar surface area (TPSA) is 124 Å². The SMILES string of the molecule is COc1c(O)c(CCc2cccc3c2ccc2[n-]ccc23)c2c(c1OCCC(O)C=Cc1ccccc1)C(=[OH+])CC(c1ccc(O)cc1)O2. The third kappa shape index (κ3) is 6.43. The van der Waals surface area contributed by atoms with Gasteiger partial charge in [0.1, 0.15) is 24.0 Å². The van der Waals surface area contributed by atoms with Crippen LogP contribution in [-0.4, -0.2) is 45.7 Å². The quantitative estimate of drug-likeness (QED) is 0.124. The second kappa shape index (κ2) is 13.8. The van der Waals surface area contributed by atoms with Crippen LogP contribution >= 0.6 is 0 Å². The summed E-state index contributed by atoms with van der Waals surface area (Å²) < 4.78 is 18.5. The number of phenols is 2. The number of hydrogen-bond acceptors (Lipinski definition) is 6. The summed E-state index contributed by atoms with van der Waals surface area (Å²) >= 11 is 0. The molecule has 1 aliphatic rings. The first-order chi connectivity index (χ1) is 23.9. The Labute approximate surface area is 283 Å². The Morgan fingerprint density at radius 1 is 0.898 bits per heavy atom. The lowest BCUT2D eigenvalue weighted by molar-refractivity contribution is 0.172. The smallest absolute Gasteiger partial charge is 0.335 e. The van der Waals surface area contributed by atoms with Gasteiger partial charge in [0.25, 0.3) is 0 Å². The molecule has 248 valence electrons. The molecule has 0 radical (unpaired) electrons. The molecule has 5 aromatic carbocycles. The van der Waals surface area contributed by atoms with Gasteiger partial charge in [0.2, 0.25) is 5.75 Å². The predicted octanol–water partition coefficient (Wildman–Crippen LogP) is 7.42. The molecule has 0 saturated heterocycles. The number of ether oxygens (including phenoxy) is 3. The van der Waals surface area contributed by atoms with E-state index in [0.29, 0.717) is 29.7 Å². The summed E-state index contributed by atoms with van der Waals surface area (Å²) in [5.41, 5.74) is 4.55. The highest BCUT2D eigenvalue weighted by Gasteiger charge is 2.40. The Bertz CT molecular complexity index is 2150. The number of fused-ring (bicyclic) bond motifs is 4. The minimum Gasteiger partial charge on any atom is -0.664 e. The average molecular weight is 656 g/mol. The number of phenolic OH excluding ortho intramolecular Hbond substituents is 2. The first kappa shape index (κ1) is 31.8. The number of aromatic hydroxyl groups is 2. The lowest BCUT2D eigenvalue weighted by Crippen LogP contribution is -2.24. The van der Waals surface area contributed by atoms with Crippen LogP contribution < -0.4 is 19.2 Å². The molecule has 2 heterocycles. The number of aliphatic hydroxyl groups is 1. The Morgan fingerprint density at radius 3 is 2.51 bits per heavy atom. The Kier molecular flexibility index (Phi) is 8.96. The largest absolute Gasteiger partial charge is 0.664 e. The number of carbonyl (C=O) groups excluding carboxylic acids is 1. The lowest BCUT2D eigenvalue weighted by Gasteiger charge is -2.28. The summed E-state index contributed by atoms with van der Waals surface area (Å²) in [6.07, 6.45) is 5.33. The molecule has 1 aromatic heterocycles. The molecule has 7 rings (SSSR count). The maximum atomic E-state index is 11.8. The molecule has 49 heavy (non-hydrogen) atoms. The van der Waals surface area contributed by atoms with E-state index < -0.39 is 12.2 Å². The first-order valence-electron chi connectivity index (χ1n) is 16.3. The van der Waals surface area contributed by atoms with Gasteiger partial charge < -0.3 is 34.5 Å². The van der Waals surface area contributed by atoms with Crippen molar-refractivity contribution in [1.29, 1.82) is 0 Å². The van der Waals surface area contributed by atoms with Crippen molar-refractivity contribution in [2.24, 2.45) is 0 Å². The second-order valence-corrected chi connectivity index (χ2v) is 12.2. The fourth-order valence-electron chi connectivity index (χ4n) is 6.56. The molecule has 0 amide bonds. The van der Waals surface area contributed by atoms with E-state index in [4.69, 9.17) is 14.2 Å². The van der Waals surface area contributed by atoms with Gasteiger partial charge in [-0.2, -0.15) is 6.20 Å². The number of hydrogen-bond donors (Lipinski definition) is 3. The zero-order valence-corrected chi connectivity index (χ0v) is 27.0. The van der Waals surface area contributed by atoms with Gasteiger partial charge in [0.15, 0.2) is 17.1 Å². The maximum Gasteiger partial charge on any atom is 0.335 e. The monoisotopic (exact) mass is 655 g/mol. The molecular formula is C41H37NO7. The summed E-state index contributed by atoms with van der Waals surface area (Å²) in [6.45, 7) is 0.0810. The van der Waals surface area contributed by atoms with Crippen LogP contribution in [0.2, 0.25) is 0 Å². The molecule has 0 aliphatic carbocycles. The van der Waals surface area contributed by atoms with Crippen molar-refractivity contribution < 1.29 is 34.3 Å². The van der Waals surface area contributed by atoms with Crippen molar-refractivity contribution in [2.75, 3.05) is 13.7 Å². The van der Waals surface area contributed by atoms with Gasteiger partial charge in [-0.15, -0.1) is 5.52 Å². The average Bonchev–Trinajstić information content (AvgIpc) is 3.61. The van der Waals surface area contributed by atoms with Crippen LogP contribution in [0.4, 0.5) is 0 Å². The molecule has 2 atom stereocenters. The molecule has 0 bridgehead atoms. The molecule has 8 heteroatoms. The van der Waals surface area contributed by atoms with Gasteiger partial charge >= 0.3 is 5.78 Å². The standard InChI is InChI=1S/C41H36NO7/c1-47-41-38(46)33(17-13-26-8-5-9-31-30(26)18-19-34-32(31)20-22-42-34)39-37(35(45)24-36(49-39)27-11-15-28(43)16-12-27)40(41)48-23-21-29(44)14-10-25-6-3-2-4-7-25/h2-12,14-16,18-20,22,29,36,43-44H,13,17,21,23-24H2,1H3,(H,45,46)/q-1/p+1. The van der Waals surface area contributed by atoms with E-state index in [1.165, 1.54) is 7.11 Å². The second-order valence-electron chi connectivity index (χ2n) is 12.2. The van der Waals surface area contributed by atoms with Crippen LogP contribution in [0.5, 0.6) is 28.7 Å². The van der Waals surface area contributed by atoms with Crippen molar-refractivity contribution in [3.05, 3.63) is 131 Å². The summed E-state index contributed by atoms with van der Waals surface area (Å²) in [7, 11) is 1.44. The highest BCUT2D eigenvalue weighted by atomic mass is 16.5. The predicted molar refractivity (Wildman–Crippen MR) is 191 cm³/mol. The van der Waals surface area contributed by atoms with E-state index in [2.05, 4.69) is 23.2 Å². The normalized spacial score (nSPS) is 15.0. The number of benzene rings is 5. The fraction of sp³-hybridized carbons (Fsp3) is 0.195. The van der Waals surface area contributed by atoms with E-state index in [1.807, 2.05) is 60.8 Å². The van der Waals surface area contributed by atoms with Crippen molar-refractivity contribution >= 4 is 33.5 Å². The molecule has 0 saturated carbocycles. The zero-order valence-electron chi connectivity index (χ0n) is 27.0. The first-order valence-corrected chi connectivity index (χ1v) is 16.3. The molecule has 6 aromatic rings. The number of methoxy groups -OCH3 is 1. The van der Waals surface area contributed by atoms with Gasteiger partial charge in [-0.05, 0) is 57.8 Å². The molecule has 0 spiro atoms. The fourth-order valence-corrected chi connectivity index (χ4v) is 6.56. The number of nitrogens with zero attached hydrogens (tertiary/aromatic N) is 1. The zero-order chi connectivity index (χ0) is 33.9. The Morgan fingerprint density at radius 2 is 1.71 bits per heavy atom. The molecule has 0 fully saturated rings. The molecule has 4 N–H and O–H groups in total. The van der Waals surface area contributed by atoms with Crippen LogP contribution in [0.15, 0.2) is 103 Å². The van der Waals surface area contributed by atoms with Crippen LogP contribution in [-0.2, 0) is 12.8 Å². The highest BCUT2D eigenvalue weighted by molar-refractivity contribution is 6.07. The summed E-state index contributed by atoms with van der Waals surface area (Å²) in [5, 5.41) is 35.5. The van der Waals surface area contributed by atoms with Crippen LogP contribution in [0, 0.1) is 0 Å². The molecule has 2 unspecified atom stereocenters. The van der Waals surface area contributed by atoms with E-state index in [9.17, 15) is 20.1 Å². The minimum atomic E-state index is -0.784. The van der Waals surface area contributed by atoms with Crippen molar-refractivity contribution in [2.45, 2.75) is 37.9 Å².